The van der Waals surface area contributed by atoms with Gasteiger partial charge in [-0.2, -0.15) is 0 Å². The summed E-state index contributed by atoms with van der Waals surface area (Å²) in [5.74, 6) is 0.264. The van der Waals surface area contributed by atoms with E-state index in [0.29, 0.717) is 17.0 Å². The van der Waals surface area contributed by atoms with Crippen LogP contribution in [-0.2, 0) is 0 Å². The molecular formula is C16H14N2O2. The molecule has 3 aromatic rings. The average Bonchev–Trinajstić information content (AvgIpc) is 2.81. The van der Waals surface area contributed by atoms with Crippen molar-refractivity contribution in [1.29, 1.82) is 0 Å². The molecule has 20 heavy (non-hydrogen) atoms. The Morgan fingerprint density at radius 2 is 1.90 bits per heavy atom. The molecule has 3 rings (SSSR count). The SMILES string of the molecule is Cc1cccc(C(=O)Nc2noc3ccc(C)cc23)c1. The predicted octanol–water partition coefficient (Wildman–Crippen LogP) is 3.70. The van der Waals surface area contributed by atoms with Gasteiger partial charge in [-0.15, -0.1) is 0 Å². The largest absolute Gasteiger partial charge is 0.354 e. The highest BCUT2D eigenvalue weighted by Crippen LogP contribution is 2.24. The van der Waals surface area contributed by atoms with Crippen LogP contribution in [0.2, 0.25) is 0 Å². The summed E-state index contributed by atoms with van der Waals surface area (Å²) in [7, 11) is 0. The lowest BCUT2D eigenvalue weighted by molar-refractivity contribution is 0.102. The van der Waals surface area contributed by atoms with Crippen molar-refractivity contribution < 1.29 is 9.32 Å². The molecule has 0 saturated heterocycles. The van der Waals surface area contributed by atoms with Crippen LogP contribution in [0.4, 0.5) is 5.82 Å². The second-order valence-corrected chi connectivity index (χ2v) is 4.85. The third kappa shape index (κ3) is 2.28. The first-order chi connectivity index (χ1) is 9.63. The number of anilines is 1. The molecule has 4 heteroatoms. The summed E-state index contributed by atoms with van der Waals surface area (Å²) in [5, 5.41) is 7.52. The van der Waals surface area contributed by atoms with E-state index < -0.39 is 0 Å². The van der Waals surface area contributed by atoms with Gasteiger partial charge in [-0.3, -0.25) is 4.79 Å². The Labute approximate surface area is 116 Å². The zero-order valence-electron chi connectivity index (χ0n) is 11.3. The number of carbonyl (C=O) groups excluding carboxylic acids is 1. The molecule has 0 atom stereocenters. The molecule has 0 unspecified atom stereocenters. The van der Waals surface area contributed by atoms with Crippen LogP contribution < -0.4 is 5.32 Å². The molecule has 0 spiro atoms. The summed E-state index contributed by atoms with van der Waals surface area (Å²) in [6, 6.07) is 13.1. The van der Waals surface area contributed by atoms with E-state index in [2.05, 4.69) is 10.5 Å². The average molecular weight is 266 g/mol. The Kier molecular flexibility index (Phi) is 2.99. The van der Waals surface area contributed by atoms with Gasteiger partial charge in [0, 0.05) is 5.56 Å². The fourth-order valence-electron chi connectivity index (χ4n) is 2.11. The Morgan fingerprint density at radius 1 is 1.10 bits per heavy atom. The van der Waals surface area contributed by atoms with Crippen molar-refractivity contribution >= 4 is 22.7 Å². The number of hydrogen-bond acceptors (Lipinski definition) is 3. The van der Waals surface area contributed by atoms with Crippen molar-refractivity contribution in [2.45, 2.75) is 13.8 Å². The minimum absolute atomic E-state index is 0.189. The summed E-state index contributed by atoms with van der Waals surface area (Å²) in [6.07, 6.45) is 0. The molecule has 1 N–H and O–H groups in total. The predicted molar refractivity (Wildman–Crippen MR) is 77.9 cm³/mol. The molecule has 0 aliphatic rings. The van der Waals surface area contributed by atoms with Crippen LogP contribution in [0, 0.1) is 13.8 Å². The minimum atomic E-state index is -0.189. The highest BCUT2D eigenvalue weighted by Gasteiger charge is 2.12. The fourth-order valence-corrected chi connectivity index (χ4v) is 2.11. The van der Waals surface area contributed by atoms with E-state index in [4.69, 9.17) is 4.52 Å². The van der Waals surface area contributed by atoms with Gasteiger partial charge < -0.3 is 9.84 Å². The van der Waals surface area contributed by atoms with Crippen LogP contribution in [0.15, 0.2) is 47.0 Å². The third-order valence-corrected chi connectivity index (χ3v) is 3.14. The maximum atomic E-state index is 12.2. The molecule has 1 heterocycles. The molecule has 1 amide bonds. The lowest BCUT2D eigenvalue weighted by atomic mass is 10.1. The monoisotopic (exact) mass is 266 g/mol. The van der Waals surface area contributed by atoms with Crippen LogP contribution in [0.5, 0.6) is 0 Å². The number of benzene rings is 2. The summed E-state index contributed by atoms with van der Waals surface area (Å²) < 4.78 is 5.20. The van der Waals surface area contributed by atoms with Crippen molar-refractivity contribution in [2.75, 3.05) is 5.32 Å². The normalized spacial score (nSPS) is 10.7. The molecule has 0 aliphatic carbocycles. The van der Waals surface area contributed by atoms with E-state index >= 15 is 0 Å². The Morgan fingerprint density at radius 3 is 2.70 bits per heavy atom. The van der Waals surface area contributed by atoms with Crippen molar-refractivity contribution in [3.05, 3.63) is 59.2 Å². The van der Waals surface area contributed by atoms with Gasteiger partial charge in [0.05, 0.1) is 5.39 Å². The van der Waals surface area contributed by atoms with Gasteiger partial charge in [0.25, 0.3) is 5.91 Å². The second kappa shape index (κ2) is 4.81. The first-order valence-corrected chi connectivity index (χ1v) is 6.37. The first-order valence-electron chi connectivity index (χ1n) is 6.37. The molecule has 0 bridgehead atoms. The maximum absolute atomic E-state index is 12.2. The van der Waals surface area contributed by atoms with Gasteiger partial charge in [-0.05, 0) is 38.1 Å². The number of nitrogens with zero attached hydrogens (tertiary/aromatic N) is 1. The zero-order valence-corrected chi connectivity index (χ0v) is 11.3. The van der Waals surface area contributed by atoms with Crippen molar-refractivity contribution in [3.63, 3.8) is 0 Å². The van der Waals surface area contributed by atoms with E-state index in [9.17, 15) is 4.79 Å². The Hall–Kier alpha value is -2.62. The highest BCUT2D eigenvalue weighted by molar-refractivity contribution is 6.07. The Bertz CT molecular complexity index is 790. The van der Waals surface area contributed by atoms with Gasteiger partial charge in [-0.25, -0.2) is 0 Å². The number of amides is 1. The number of carbonyl (C=O) groups is 1. The van der Waals surface area contributed by atoms with E-state index in [1.165, 1.54) is 0 Å². The summed E-state index contributed by atoms with van der Waals surface area (Å²) >= 11 is 0. The molecule has 0 aliphatic heterocycles. The van der Waals surface area contributed by atoms with Crippen LogP contribution >= 0.6 is 0 Å². The van der Waals surface area contributed by atoms with Gasteiger partial charge >= 0.3 is 0 Å². The molecule has 4 nitrogen and oxygen atoms in total. The van der Waals surface area contributed by atoms with Crippen molar-refractivity contribution in [3.8, 4) is 0 Å². The molecule has 100 valence electrons. The first kappa shape index (κ1) is 12.4. The molecule has 0 fully saturated rings. The molecule has 0 radical (unpaired) electrons. The van der Waals surface area contributed by atoms with Crippen LogP contribution in [0.3, 0.4) is 0 Å². The summed E-state index contributed by atoms with van der Waals surface area (Å²) in [5.41, 5.74) is 3.40. The van der Waals surface area contributed by atoms with E-state index in [-0.39, 0.29) is 5.91 Å². The number of hydrogen-bond donors (Lipinski definition) is 1. The van der Waals surface area contributed by atoms with Crippen LogP contribution in [0.1, 0.15) is 21.5 Å². The fraction of sp³-hybridized carbons (Fsp3) is 0.125. The van der Waals surface area contributed by atoms with Crippen molar-refractivity contribution in [2.24, 2.45) is 0 Å². The lowest BCUT2D eigenvalue weighted by Crippen LogP contribution is -2.12. The maximum Gasteiger partial charge on any atom is 0.256 e. The lowest BCUT2D eigenvalue weighted by Gasteiger charge is -2.03. The number of aryl methyl sites for hydroxylation is 2. The van der Waals surface area contributed by atoms with E-state index in [1.807, 2.05) is 50.2 Å². The summed E-state index contributed by atoms with van der Waals surface area (Å²) in [6.45, 7) is 3.93. The number of rotatable bonds is 2. The summed E-state index contributed by atoms with van der Waals surface area (Å²) in [4.78, 5) is 12.2. The van der Waals surface area contributed by atoms with Gasteiger partial charge in [0.2, 0.25) is 0 Å². The molecule has 2 aromatic carbocycles. The zero-order chi connectivity index (χ0) is 14.1. The van der Waals surface area contributed by atoms with Crippen molar-refractivity contribution in [1.82, 2.24) is 5.16 Å². The topological polar surface area (TPSA) is 55.1 Å². The smallest absolute Gasteiger partial charge is 0.256 e. The highest BCUT2D eigenvalue weighted by atomic mass is 16.5. The van der Waals surface area contributed by atoms with E-state index in [0.717, 1.165) is 16.5 Å². The number of nitrogens with one attached hydrogen (secondary N) is 1. The molecule has 0 saturated carbocycles. The quantitative estimate of drug-likeness (QED) is 0.769. The van der Waals surface area contributed by atoms with Crippen LogP contribution in [0.25, 0.3) is 11.0 Å². The Balaban J connectivity index is 1.93. The molecule has 1 aromatic heterocycles. The second-order valence-electron chi connectivity index (χ2n) is 4.85. The van der Waals surface area contributed by atoms with Gasteiger partial charge in [-0.1, -0.05) is 34.5 Å². The molecular weight excluding hydrogens is 252 g/mol. The van der Waals surface area contributed by atoms with Gasteiger partial charge in [0.15, 0.2) is 11.4 Å². The van der Waals surface area contributed by atoms with Crippen LogP contribution in [-0.4, -0.2) is 11.1 Å². The minimum Gasteiger partial charge on any atom is -0.354 e. The van der Waals surface area contributed by atoms with E-state index in [1.54, 1.807) is 6.07 Å². The number of fused-ring (bicyclic) bond motifs is 1. The standard InChI is InChI=1S/C16H14N2O2/c1-10-4-3-5-12(8-10)16(19)17-15-13-9-11(2)6-7-14(13)20-18-15/h3-9H,1-2H3,(H,17,18,19). The van der Waals surface area contributed by atoms with Gasteiger partial charge in [0.1, 0.15) is 0 Å². The third-order valence-electron chi connectivity index (χ3n) is 3.14. The number of aromatic nitrogens is 1.